The molecule has 0 spiro atoms. The molecule has 0 N–H and O–H groups in total. The van der Waals surface area contributed by atoms with Gasteiger partial charge in [-0.05, 0) is 70.8 Å². The first-order valence-electron chi connectivity index (χ1n) is 16.9. The molecule has 4 amide bonds. The fourth-order valence-corrected chi connectivity index (χ4v) is 6.47. The molecule has 0 aliphatic carbocycles. The van der Waals surface area contributed by atoms with Crippen LogP contribution in [-0.4, -0.2) is 23.6 Å². The van der Waals surface area contributed by atoms with Crippen molar-refractivity contribution in [1.82, 2.24) is 0 Å². The van der Waals surface area contributed by atoms with E-state index >= 15 is 0 Å². The number of rotatable bonds is 10. The van der Waals surface area contributed by atoms with Crippen LogP contribution in [0.25, 0.3) is 0 Å². The Morgan fingerprint density at radius 1 is 0.385 bits per heavy atom. The first kappa shape index (κ1) is 33.9. The van der Waals surface area contributed by atoms with Crippen molar-refractivity contribution in [3.05, 3.63) is 168 Å². The Balaban J connectivity index is 1.01. The van der Waals surface area contributed by atoms with E-state index in [1.54, 1.807) is 48.5 Å². The first-order chi connectivity index (χ1) is 24.9. The lowest BCUT2D eigenvalue weighted by atomic mass is 9.74. The van der Waals surface area contributed by atoms with Crippen LogP contribution in [0.2, 0.25) is 0 Å². The Labute approximate surface area is 302 Å². The second-order valence-electron chi connectivity index (χ2n) is 13.8. The van der Waals surface area contributed by atoms with Crippen molar-refractivity contribution in [3.8, 4) is 23.0 Å². The number of carbonyl (C=O) groups is 4. The minimum absolute atomic E-state index is 0.285. The third-order valence-corrected chi connectivity index (χ3v) is 9.72. The highest BCUT2D eigenvalue weighted by molar-refractivity contribution is 6.28. The standard InChI is InChI=1S/C44H36N2O6/c1-43(2,31-15-19-35(20-16-31)51-37-9-5-7-33(27-37)45-39(47)23-24-40(45)48)29-11-13-30(14-12-29)44(3,4)32-17-21-36(22-18-32)52-38-10-6-8-34(28-38)46-41(49)25-26-42(46)50/h5-28H,1-4H3. The van der Waals surface area contributed by atoms with Crippen LogP contribution in [0.5, 0.6) is 23.0 Å². The Morgan fingerprint density at radius 3 is 0.981 bits per heavy atom. The van der Waals surface area contributed by atoms with Gasteiger partial charge in [0.2, 0.25) is 0 Å². The lowest BCUT2D eigenvalue weighted by molar-refractivity contribution is -0.121. The van der Waals surface area contributed by atoms with Crippen LogP contribution < -0.4 is 19.3 Å². The van der Waals surface area contributed by atoms with Gasteiger partial charge in [0.15, 0.2) is 0 Å². The van der Waals surface area contributed by atoms with Crippen molar-refractivity contribution in [2.45, 2.75) is 38.5 Å². The number of benzene rings is 5. The average Bonchev–Trinajstić information content (AvgIpc) is 3.67. The van der Waals surface area contributed by atoms with E-state index < -0.39 is 0 Å². The lowest BCUT2D eigenvalue weighted by Crippen LogP contribution is -2.29. The smallest absolute Gasteiger partial charge is 0.258 e. The Bertz CT molecular complexity index is 2070. The number of nitrogens with zero attached hydrogens (tertiary/aromatic N) is 2. The van der Waals surface area contributed by atoms with Crippen LogP contribution in [-0.2, 0) is 30.0 Å². The Morgan fingerprint density at radius 2 is 0.673 bits per heavy atom. The lowest BCUT2D eigenvalue weighted by Gasteiger charge is -2.29. The molecule has 8 nitrogen and oxygen atoms in total. The maximum atomic E-state index is 12.1. The van der Waals surface area contributed by atoms with Gasteiger partial charge in [-0.25, -0.2) is 9.80 Å². The number of carbonyl (C=O) groups excluding carboxylic acids is 4. The fourth-order valence-electron chi connectivity index (χ4n) is 6.47. The van der Waals surface area contributed by atoms with Crippen molar-refractivity contribution >= 4 is 35.0 Å². The van der Waals surface area contributed by atoms with E-state index in [9.17, 15) is 19.2 Å². The summed E-state index contributed by atoms with van der Waals surface area (Å²) in [5, 5.41) is 0. The van der Waals surface area contributed by atoms with Gasteiger partial charge >= 0.3 is 0 Å². The molecule has 0 unspecified atom stereocenters. The van der Waals surface area contributed by atoms with Crippen LogP contribution >= 0.6 is 0 Å². The largest absolute Gasteiger partial charge is 0.457 e. The summed E-state index contributed by atoms with van der Waals surface area (Å²) in [6.07, 6.45) is 5.04. The van der Waals surface area contributed by atoms with Crippen molar-refractivity contribution in [2.24, 2.45) is 0 Å². The molecule has 0 saturated carbocycles. The molecular weight excluding hydrogens is 652 g/mol. The molecule has 0 aromatic heterocycles. The van der Waals surface area contributed by atoms with Crippen LogP contribution in [0.15, 0.2) is 146 Å². The summed E-state index contributed by atoms with van der Waals surface area (Å²) in [6, 6.07) is 38.4. The summed E-state index contributed by atoms with van der Waals surface area (Å²) in [4.78, 5) is 50.7. The van der Waals surface area contributed by atoms with E-state index in [0.29, 0.717) is 34.4 Å². The molecule has 8 heteroatoms. The molecular formula is C44H36N2O6. The predicted octanol–water partition coefficient (Wildman–Crippen LogP) is 8.78. The highest BCUT2D eigenvalue weighted by Gasteiger charge is 2.28. The van der Waals surface area contributed by atoms with E-state index in [-0.39, 0.29) is 34.5 Å². The summed E-state index contributed by atoms with van der Waals surface area (Å²) < 4.78 is 12.2. The highest BCUT2D eigenvalue weighted by atomic mass is 16.5. The Kier molecular flexibility index (Phi) is 8.68. The zero-order valence-electron chi connectivity index (χ0n) is 29.2. The van der Waals surface area contributed by atoms with Gasteiger partial charge in [0.1, 0.15) is 23.0 Å². The van der Waals surface area contributed by atoms with E-state index in [1.165, 1.54) is 35.4 Å². The molecule has 2 heterocycles. The number of amides is 4. The van der Waals surface area contributed by atoms with E-state index in [1.807, 2.05) is 24.3 Å². The average molecular weight is 689 g/mol. The van der Waals surface area contributed by atoms with Crippen LogP contribution in [0.4, 0.5) is 11.4 Å². The van der Waals surface area contributed by atoms with E-state index in [4.69, 9.17) is 9.47 Å². The fraction of sp³-hybridized carbons (Fsp3) is 0.136. The minimum Gasteiger partial charge on any atom is -0.457 e. The molecule has 0 fully saturated rings. The van der Waals surface area contributed by atoms with Gasteiger partial charge in [-0.1, -0.05) is 88.4 Å². The molecule has 7 rings (SSSR count). The van der Waals surface area contributed by atoms with Gasteiger partial charge in [-0.15, -0.1) is 0 Å². The summed E-state index contributed by atoms with van der Waals surface area (Å²) in [6.45, 7) is 8.76. The third-order valence-electron chi connectivity index (χ3n) is 9.72. The molecule has 5 aromatic carbocycles. The topological polar surface area (TPSA) is 93.2 Å². The third kappa shape index (κ3) is 6.54. The maximum Gasteiger partial charge on any atom is 0.258 e. The Hall–Kier alpha value is -6.54. The SMILES string of the molecule is CC(C)(c1ccc(Oc2cccc(N3C(=O)C=CC3=O)c2)cc1)c1ccc(C(C)(C)c2ccc(Oc3cccc(N4C(=O)C=CC4=O)c3)cc2)cc1. The summed E-state index contributed by atoms with van der Waals surface area (Å²) in [5.74, 6) is 0.839. The molecule has 2 aliphatic heterocycles. The van der Waals surface area contributed by atoms with Gasteiger partial charge in [0, 0.05) is 47.3 Å². The molecule has 0 saturated heterocycles. The van der Waals surface area contributed by atoms with Gasteiger partial charge in [-0.3, -0.25) is 19.2 Å². The van der Waals surface area contributed by atoms with Crippen molar-refractivity contribution in [3.63, 3.8) is 0 Å². The first-order valence-corrected chi connectivity index (χ1v) is 16.9. The molecule has 258 valence electrons. The number of ether oxygens (including phenoxy) is 2. The number of hydrogen-bond acceptors (Lipinski definition) is 6. The van der Waals surface area contributed by atoms with Crippen LogP contribution in [0.3, 0.4) is 0 Å². The summed E-state index contributed by atoms with van der Waals surface area (Å²) in [7, 11) is 0. The van der Waals surface area contributed by atoms with Gasteiger partial charge in [0.25, 0.3) is 23.6 Å². The molecule has 5 aromatic rings. The number of imide groups is 2. The predicted molar refractivity (Wildman–Crippen MR) is 200 cm³/mol. The molecule has 0 atom stereocenters. The summed E-state index contributed by atoms with van der Waals surface area (Å²) >= 11 is 0. The van der Waals surface area contributed by atoms with Gasteiger partial charge in [0.05, 0.1) is 11.4 Å². The van der Waals surface area contributed by atoms with Crippen molar-refractivity contribution in [2.75, 3.05) is 9.80 Å². The van der Waals surface area contributed by atoms with Crippen LogP contribution in [0.1, 0.15) is 49.9 Å². The molecule has 52 heavy (non-hydrogen) atoms. The zero-order chi connectivity index (χ0) is 36.6. The van der Waals surface area contributed by atoms with Gasteiger partial charge < -0.3 is 9.47 Å². The molecule has 0 bridgehead atoms. The second-order valence-corrected chi connectivity index (χ2v) is 13.8. The van der Waals surface area contributed by atoms with Crippen molar-refractivity contribution < 1.29 is 28.7 Å². The molecule has 2 aliphatic rings. The minimum atomic E-state index is -0.373. The maximum absolute atomic E-state index is 12.1. The zero-order valence-corrected chi connectivity index (χ0v) is 29.2. The van der Waals surface area contributed by atoms with Crippen molar-refractivity contribution in [1.29, 1.82) is 0 Å². The quantitative estimate of drug-likeness (QED) is 0.136. The number of anilines is 2. The highest BCUT2D eigenvalue weighted by Crippen LogP contribution is 2.38. The van der Waals surface area contributed by atoms with E-state index in [2.05, 4.69) is 76.2 Å². The van der Waals surface area contributed by atoms with E-state index in [0.717, 1.165) is 20.9 Å². The normalized spacial score (nSPS) is 14.5. The van der Waals surface area contributed by atoms with Crippen LogP contribution in [0, 0.1) is 0 Å². The second kappa shape index (κ2) is 13.3. The molecule has 0 radical (unpaired) electrons. The number of hydrogen-bond donors (Lipinski definition) is 0. The van der Waals surface area contributed by atoms with Gasteiger partial charge in [-0.2, -0.15) is 0 Å². The monoisotopic (exact) mass is 688 g/mol. The summed E-state index contributed by atoms with van der Waals surface area (Å²) in [5.41, 5.74) is 4.93.